The van der Waals surface area contributed by atoms with Gasteiger partial charge in [0.15, 0.2) is 5.82 Å². The number of nitrogens with zero attached hydrogens (tertiary/aromatic N) is 3. The fraction of sp³-hybridized carbons (Fsp3) is 0.522. The molecule has 1 atom stereocenters. The average molecular weight is 379 g/mol. The van der Waals surface area contributed by atoms with E-state index in [4.69, 9.17) is 0 Å². The first-order valence-electron chi connectivity index (χ1n) is 10.7. The van der Waals surface area contributed by atoms with Crippen LogP contribution in [0.1, 0.15) is 50.5 Å². The number of carbonyl (C=O) groups is 1. The molecule has 1 aliphatic heterocycles. The van der Waals surface area contributed by atoms with Gasteiger partial charge in [-0.3, -0.25) is 4.79 Å². The third kappa shape index (κ3) is 4.34. The fourth-order valence-corrected chi connectivity index (χ4v) is 4.46. The molecule has 4 rings (SSSR count). The molecule has 1 aromatic carbocycles. The van der Waals surface area contributed by atoms with E-state index < -0.39 is 0 Å². The van der Waals surface area contributed by atoms with Crippen molar-refractivity contribution in [2.75, 3.05) is 18.0 Å². The van der Waals surface area contributed by atoms with Gasteiger partial charge in [0.25, 0.3) is 0 Å². The second-order valence-corrected chi connectivity index (χ2v) is 8.22. The van der Waals surface area contributed by atoms with Crippen molar-refractivity contribution in [3.05, 3.63) is 42.0 Å². The molecule has 148 valence electrons. The Morgan fingerprint density at radius 3 is 2.57 bits per heavy atom. The van der Waals surface area contributed by atoms with E-state index in [2.05, 4.69) is 39.5 Å². The Morgan fingerprint density at radius 2 is 1.82 bits per heavy atom. The Labute approximate surface area is 167 Å². The van der Waals surface area contributed by atoms with Gasteiger partial charge in [0, 0.05) is 24.7 Å². The normalized spacial score (nSPS) is 20.8. The number of piperidine rings is 1. The Hall–Kier alpha value is -2.43. The number of rotatable bonds is 4. The molecule has 0 unspecified atom stereocenters. The molecule has 1 amide bonds. The second-order valence-electron chi connectivity index (χ2n) is 8.22. The smallest absolute Gasteiger partial charge is 0.225 e. The first-order valence-corrected chi connectivity index (χ1v) is 10.7. The van der Waals surface area contributed by atoms with Crippen LogP contribution in [0, 0.1) is 12.8 Å². The summed E-state index contributed by atoms with van der Waals surface area (Å²) in [5.74, 6) is 1.14. The lowest BCUT2D eigenvalue weighted by Crippen LogP contribution is -2.46. The van der Waals surface area contributed by atoms with E-state index in [-0.39, 0.29) is 11.8 Å². The number of hydrogen-bond donors (Lipinski definition) is 1. The monoisotopic (exact) mass is 378 g/mol. The van der Waals surface area contributed by atoms with Crippen molar-refractivity contribution in [2.45, 2.75) is 57.9 Å². The van der Waals surface area contributed by atoms with Gasteiger partial charge in [0.05, 0.1) is 11.6 Å². The molecular weight excluding hydrogens is 348 g/mol. The number of benzene rings is 1. The molecule has 2 fully saturated rings. The third-order valence-electron chi connectivity index (χ3n) is 6.14. The number of hydrogen-bond acceptors (Lipinski definition) is 4. The molecular formula is C23H30N4O. The van der Waals surface area contributed by atoms with Crippen LogP contribution in [-0.2, 0) is 4.79 Å². The highest BCUT2D eigenvalue weighted by molar-refractivity contribution is 5.80. The largest absolute Gasteiger partial charge is 0.354 e. The molecule has 1 saturated carbocycles. The predicted octanol–water partition coefficient (Wildman–Crippen LogP) is 4.12. The van der Waals surface area contributed by atoms with Crippen molar-refractivity contribution in [3.63, 3.8) is 0 Å². The van der Waals surface area contributed by atoms with Crippen LogP contribution in [0.15, 0.2) is 36.4 Å². The van der Waals surface area contributed by atoms with Crippen molar-refractivity contribution in [2.24, 2.45) is 5.92 Å². The predicted molar refractivity (Wildman–Crippen MR) is 112 cm³/mol. The second kappa shape index (κ2) is 8.72. The molecule has 1 aromatic heterocycles. The van der Waals surface area contributed by atoms with Crippen LogP contribution >= 0.6 is 0 Å². The van der Waals surface area contributed by atoms with E-state index in [0.717, 1.165) is 55.8 Å². The third-order valence-corrected chi connectivity index (χ3v) is 6.14. The molecule has 1 aliphatic carbocycles. The zero-order valence-corrected chi connectivity index (χ0v) is 16.7. The lowest BCUT2D eigenvalue weighted by atomic mass is 9.93. The molecule has 0 bridgehead atoms. The quantitative estimate of drug-likeness (QED) is 0.870. The van der Waals surface area contributed by atoms with E-state index in [1.165, 1.54) is 24.8 Å². The summed E-state index contributed by atoms with van der Waals surface area (Å²) >= 11 is 0. The minimum absolute atomic E-state index is 0.0496. The highest BCUT2D eigenvalue weighted by atomic mass is 16.2. The molecule has 1 N–H and O–H groups in total. The van der Waals surface area contributed by atoms with Crippen molar-refractivity contribution >= 4 is 11.7 Å². The highest BCUT2D eigenvalue weighted by Crippen LogP contribution is 2.25. The van der Waals surface area contributed by atoms with Gasteiger partial charge in [-0.25, -0.2) is 0 Å². The van der Waals surface area contributed by atoms with E-state index in [1.54, 1.807) is 0 Å². The number of aromatic nitrogens is 2. The van der Waals surface area contributed by atoms with Crippen LogP contribution in [-0.4, -0.2) is 35.2 Å². The Kier molecular flexibility index (Phi) is 5.89. The summed E-state index contributed by atoms with van der Waals surface area (Å²) in [5, 5.41) is 12.2. The number of aryl methyl sites for hydroxylation is 1. The SMILES string of the molecule is Cc1ccccc1-c1ccc(N2CCC[C@H](C(=O)NC3CCCCC3)C2)nn1. The van der Waals surface area contributed by atoms with Crippen LogP contribution in [0.4, 0.5) is 5.82 Å². The Bertz CT molecular complexity index is 799. The van der Waals surface area contributed by atoms with Crippen molar-refractivity contribution in [1.29, 1.82) is 0 Å². The summed E-state index contributed by atoms with van der Waals surface area (Å²) < 4.78 is 0. The van der Waals surface area contributed by atoms with E-state index in [1.807, 2.05) is 24.3 Å². The minimum atomic E-state index is 0.0496. The zero-order chi connectivity index (χ0) is 19.3. The van der Waals surface area contributed by atoms with Gasteiger partial charge < -0.3 is 10.2 Å². The van der Waals surface area contributed by atoms with E-state index in [9.17, 15) is 4.79 Å². The van der Waals surface area contributed by atoms with Gasteiger partial charge in [0.2, 0.25) is 5.91 Å². The topological polar surface area (TPSA) is 58.1 Å². The average Bonchev–Trinajstić information content (AvgIpc) is 2.75. The number of anilines is 1. The summed E-state index contributed by atoms with van der Waals surface area (Å²) in [4.78, 5) is 15.0. The van der Waals surface area contributed by atoms with Crippen LogP contribution in [0.3, 0.4) is 0 Å². The first-order chi connectivity index (χ1) is 13.7. The summed E-state index contributed by atoms with van der Waals surface area (Å²) in [6, 6.07) is 12.7. The zero-order valence-electron chi connectivity index (χ0n) is 16.7. The van der Waals surface area contributed by atoms with E-state index in [0.29, 0.717) is 6.04 Å². The maximum absolute atomic E-state index is 12.7. The summed E-state index contributed by atoms with van der Waals surface area (Å²) in [5.41, 5.74) is 3.21. The Balaban J connectivity index is 1.40. The molecule has 1 saturated heterocycles. The molecule has 2 aliphatic rings. The van der Waals surface area contributed by atoms with Crippen LogP contribution < -0.4 is 10.2 Å². The number of amides is 1. The van der Waals surface area contributed by atoms with Crippen LogP contribution in [0.5, 0.6) is 0 Å². The first kappa shape index (κ1) is 18.9. The molecule has 2 aromatic rings. The lowest BCUT2D eigenvalue weighted by molar-refractivity contribution is -0.126. The van der Waals surface area contributed by atoms with Gasteiger partial charge in [-0.2, -0.15) is 0 Å². The van der Waals surface area contributed by atoms with Crippen molar-refractivity contribution < 1.29 is 4.79 Å². The number of nitrogens with one attached hydrogen (secondary N) is 1. The van der Waals surface area contributed by atoms with Gasteiger partial charge in [0.1, 0.15) is 0 Å². The number of carbonyl (C=O) groups excluding carboxylic acids is 1. The van der Waals surface area contributed by atoms with E-state index >= 15 is 0 Å². The van der Waals surface area contributed by atoms with Crippen LogP contribution in [0.2, 0.25) is 0 Å². The summed E-state index contributed by atoms with van der Waals surface area (Å²) in [6.45, 7) is 3.76. The van der Waals surface area contributed by atoms with Crippen LogP contribution in [0.25, 0.3) is 11.3 Å². The van der Waals surface area contributed by atoms with Crippen molar-refractivity contribution in [1.82, 2.24) is 15.5 Å². The highest BCUT2D eigenvalue weighted by Gasteiger charge is 2.28. The molecule has 28 heavy (non-hydrogen) atoms. The van der Waals surface area contributed by atoms with Gasteiger partial charge in [-0.15, -0.1) is 10.2 Å². The standard InChI is InChI=1S/C23H30N4O/c1-17-8-5-6-12-20(17)21-13-14-22(26-25-21)27-15-7-9-18(16-27)23(28)24-19-10-3-2-4-11-19/h5-6,8,12-14,18-19H,2-4,7,9-11,15-16H2,1H3,(H,24,28)/t18-/m0/s1. The summed E-state index contributed by atoms with van der Waals surface area (Å²) in [7, 11) is 0. The molecule has 0 spiro atoms. The molecule has 2 heterocycles. The maximum Gasteiger partial charge on any atom is 0.225 e. The molecule has 5 heteroatoms. The minimum Gasteiger partial charge on any atom is -0.354 e. The maximum atomic E-state index is 12.7. The van der Waals surface area contributed by atoms with Gasteiger partial charge >= 0.3 is 0 Å². The molecule has 5 nitrogen and oxygen atoms in total. The summed E-state index contributed by atoms with van der Waals surface area (Å²) in [6.07, 6.45) is 8.03. The fourth-order valence-electron chi connectivity index (χ4n) is 4.46. The van der Waals surface area contributed by atoms with Gasteiger partial charge in [-0.1, -0.05) is 43.5 Å². The Morgan fingerprint density at radius 1 is 1.00 bits per heavy atom. The van der Waals surface area contributed by atoms with Crippen molar-refractivity contribution in [3.8, 4) is 11.3 Å². The molecule has 0 radical (unpaired) electrons. The lowest BCUT2D eigenvalue weighted by Gasteiger charge is -2.34. The van der Waals surface area contributed by atoms with Gasteiger partial charge in [-0.05, 0) is 50.3 Å².